The molecule has 4 aromatic carbocycles. The van der Waals surface area contributed by atoms with Gasteiger partial charge in [0.05, 0.1) is 10.5 Å². The summed E-state index contributed by atoms with van der Waals surface area (Å²) in [5.74, 6) is -1.02. The predicted molar refractivity (Wildman–Crippen MR) is 131 cm³/mol. The number of nitrogens with zero attached hydrogens (tertiary/aromatic N) is 2. The summed E-state index contributed by atoms with van der Waals surface area (Å²) >= 11 is 0. The standard InChI is InChI=1S/C27H17N3O5/c28-17-20(26(31)29-21-9-5-10-22(16-21)30(33)34)14-18-6-3-11-23(15-18)35-27(32)25-13-4-8-19-7-1-2-12-24(19)25/h1-16H,(H,29,31)/b20-14+. The van der Waals surface area contributed by atoms with Gasteiger partial charge in [0.2, 0.25) is 0 Å². The van der Waals surface area contributed by atoms with Crippen molar-refractivity contribution in [1.82, 2.24) is 0 Å². The summed E-state index contributed by atoms with van der Waals surface area (Å²) in [5.41, 5.74) is 0.639. The zero-order valence-corrected chi connectivity index (χ0v) is 18.2. The Morgan fingerprint density at radius 2 is 1.69 bits per heavy atom. The van der Waals surface area contributed by atoms with Gasteiger partial charge in [-0.15, -0.1) is 0 Å². The number of ether oxygens (including phenoxy) is 1. The summed E-state index contributed by atoms with van der Waals surface area (Å²) in [6, 6.07) is 26.4. The van der Waals surface area contributed by atoms with E-state index < -0.39 is 16.8 Å². The van der Waals surface area contributed by atoms with E-state index in [0.717, 1.165) is 10.8 Å². The number of nitriles is 1. The van der Waals surface area contributed by atoms with E-state index in [2.05, 4.69) is 5.32 Å². The third-order valence-electron chi connectivity index (χ3n) is 5.07. The zero-order valence-electron chi connectivity index (χ0n) is 18.2. The highest BCUT2D eigenvalue weighted by atomic mass is 16.6. The monoisotopic (exact) mass is 463 g/mol. The average molecular weight is 463 g/mol. The minimum Gasteiger partial charge on any atom is -0.423 e. The highest BCUT2D eigenvalue weighted by Gasteiger charge is 2.14. The van der Waals surface area contributed by atoms with Crippen molar-refractivity contribution < 1.29 is 19.2 Å². The van der Waals surface area contributed by atoms with E-state index in [9.17, 15) is 25.0 Å². The van der Waals surface area contributed by atoms with Crippen LogP contribution in [0.2, 0.25) is 0 Å². The topological polar surface area (TPSA) is 122 Å². The molecule has 0 aromatic heterocycles. The van der Waals surface area contributed by atoms with Crippen molar-refractivity contribution in [1.29, 1.82) is 5.26 Å². The van der Waals surface area contributed by atoms with Crippen LogP contribution < -0.4 is 10.1 Å². The molecule has 0 atom stereocenters. The molecule has 0 spiro atoms. The Bertz CT molecular complexity index is 1530. The van der Waals surface area contributed by atoms with Crippen molar-refractivity contribution in [3.8, 4) is 11.8 Å². The Balaban J connectivity index is 1.53. The number of hydrogen-bond acceptors (Lipinski definition) is 6. The molecule has 0 radical (unpaired) electrons. The van der Waals surface area contributed by atoms with E-state index in [1.54, 1.807) is 30.3 Å². The van der Waals surface area contributed by atoms with Crippen molar-refractivity contribution in [2.45, 2.75) is 0 Å². The summed E-state index contributed by atoms with van der Waals surface area (Å²) in [6.07, 6.45) is 1.34. The molecule has 0 fully saturated rings. The normalized spacial score (nSPS) is 10.9. The Kier molecular flexibility index (Phi) is 6.61. The fourth-order valence-electron chi connectivity index (χ4n) is 3.44. The first-order valence-electron chi connectivity index (χ1n) is 10.4. The van der Waals surface area contributed by atoms with Gasteiger partial charge in [-0.05, 0) is 46.7 Å². The predicted octanol–water partition coefficient (Wildman–Crippen LogP) is 5.51. The molecule has 0 heterocycles. The number of nitro benzene ring substituents is 1. The lowest BCUT2D eigenvalue weighted by Gasteiger charge is -2.08. The molecule has 0 aliphatic carbocycles. The van der Waals surface area contributed by atoms with E-state index in [-0.39, 0.29) is 22.7 Å². The summed E-state index contributed by atoms with van der Waals surface area (Å²) in [5, 5.41) is 24.5. The second kappa shape index (κ2) is 10.1. The Hall–Kier alpha value is -5.29. The fourth-order valence-corrected chi connectivity index (χ4v) is 3.44. The van der Waals surface area contributed by atoms with E-state index in [4.69, 9.17) is 4.74 Å². The smallest absolute Gasteiger partial charge is 0.344 e. The first-order valence-corrected chi connectivity index (χ1v) is 10.4. The molecule has 8 nitrogen and oxygen atoms in total. The second-order valence-electron chi connectivity index (χ2n) is 7.42. The van der Waals surface area contributed by atoms with Crippen LogP contribution in [0.3, 0.4) is 0 Å². The molecule has 4 aromatic rings. The van der Waals surface area contributed by atoms with Crippen LogP contribution in [0.15, 0.2) is 96.6 Å². The van der Waals surface area contributed by atoms with Crippen molar-refractivity contribution in [3.05, 3.63) is 118 Å². The molecule has 0 saturated heterocycles. The summed E-state index contributed by atoms with van der Waals surface area (Å²) in [4.78, 5) is 35.7. The number of carbonyl (C=O) groups is 2. The minimum atomic E-state index is -0.730. The molecule has 0 unspecified atom stereocenters. The van der Waals surface area contributed by atoms with Gasteiger partial charge in [0.1, 0.15) is 17.4 Å². The van der Waals surface area contributed by atoms with Crippen LogP contribution in [0.25, 0.3) is 16.8 Å². The zero-order chi connectivity index (χ0) is 24.8. The number of amides is 1. The van der Waals surface area contributed by atoms with E-state index in [0.29, 0.717) is 11.1 Å². The molecule has 0 aliphatic rings. The van der Waals surface area contributed by atoms with Gasteiger partial charge < -0.3 is 10.1 Å². The van der Waals surface area contributed by atoms with Gasteiger partial charge in [-0.25, -0.2) is 4.79 Å². The number of carbonyl (C=O) groups excluding carboxylic acids is 2. The Labute approximate surface area is 199 Å². The largest absolute Gasteiger partial charge is 0.423 e. The molecular formula is C27H17N3O5. The third kappa shape index (κ3) is 5.38. The minimum absolute atomic E-state index is 0.183. The number of esters is 1. The van der Waals surface area contributed by atoms with Crippen molar-refractivity contribution >= 4 is 40.1 Å². The lowest BCUT2D eigenvalue weighted by atomic mass is 10.0. The summed E-state index contributed by atoms with van der Waals surface area (Å²) in [7, 11) is 0. The number of benzene rings is 4. The maximum absolute atomic E-state index is 12.8. The Morgan fingerprint density at radius 1 is 0.943 bits per heavy atom. The summed E-state index contributed by atoms with van der Waals surface area (Å²) < 4.78 is 5.54. The number of hydrogen-bond donors (Lipinski definition) is 1. The van der Waals surface area contributed by atoms with Gasteiger partial charge in [-0.1, -0.05) is 54.6 Å². The van der Waals surface area contributed by atoms with Crippen LogP contribution in [0.5, 0.6) is 5.75 Å². The van der Waals surface area contributed by atoms with Crippen LogP contribution >= 0.6 is 0 Å². The third-order valence-corrected chi connectivity index (χ3v) is 5.07. The SMILES string of the molecule is N#C/C(=C\c1cccc(OC(=O)c2cccc3ccccc23)c1)C(=O)Nc1cccc([N+](=O)[O-])c1. The fraction of sp³-hybridized carbons (Fsp3) is 0. The van der Waals surface area contributed by atoms with E-state index in [1.165, 1.54) is 36.4 Å². The molecular weight excluding hydrogens is 446 g/mol. The number of non-ortho nitro benzene ring substituents is 1. The van der Waals surface area contributed by atoms with E-state index in [1.807, 2.05) is 36.4 Å². The van der Waals surface area contributed by atoms with Crippen LogP contribution in [0.4, 0.5) is 11.4 Å². The Morgan fingerprint density at radius 3 is 2.49 bits per heavy atom. The number of rotatable bonds is 6. The van der Waals surface area contributed by atoms with Gasteiger partial charge in [0, 0.05) is 17.8 Å². The maximum Gasteiger partial charge on any atom is 0.344 e. The van der Waals surface area contributed by atoms with E-state index >= 15 is 0 Å². The highest BCUT2D eigenvalue weighted by molar-refractivity contribution is 6.10. The molecule has 4 rings (SSSR count). The first kappa shape index (κ1) is 22.9. The van der Waals surface area contributed by atoms with Crippen LogP contribution in [0, 0.1) is 21.4 Å². The van der Waals surface area contributed by atoms with Crippen LogP contribution in [-0.4, -0.2) is 16.8 Å². The van der Waals surface area contributed by atoms with Crippen molar-refractivity contribution in [2.24, 2.45) is 0 Å². The maximum atomic E-state index is 12.8. The molecule has 0 aliphatic heterocycles. The number of anilines is 1. The average Bonchev–Trinajstić information content (AvgIpc) is 2.87. The number of fused-ring (bicyclic) bond motifs is 1. The lowest BCUT2D eigenvalue weighted by Crippen LogP contribution is -2.13. The van der Waals surface area contributed by atoms with Gasteiger partial charge in [-0.3, -0.25) is 14.9 Å². The van der Waals surface area contributed by atoms with Gasteiger partial charge >= 0.3 is 5.97 Å². The summed E-state index contributed by atoms with van der Waals surface area (Å²) in [6.45, 7) is 0. The van der Waals surface area contributed by atoms with Gasteiger partial charge in [-0.2, -0.15) is 5.26 Å². The lowest BCUT2D eigenvalue weighted by molar-refractivity contribution is -0.384. The van der Waals surface area contributed by atoms with Crippen molar-refractivity contribution in [2.75, 3.05) is 5.32 Å². The first-order chi connectivity index (χ1) is 16.9. The van der Waals surface area contributed by atoms with Crippen LogP contribution in [-0.2, 0) is 4.79 Å². The molecule has 170 valence electrons. The number of nitro groups is 1. The molecule has 35 heavy (non-hydrogen) atoms. The number of nitrogens with one attached hydrogen (secondary N) is 1. The van der Waals surface area contributed by atoms with Crippen molar-refractivity contribution in [3.63, 3.8) is 0 Å². The molecule has 1 N–H and O–H groups in total. The molecule has 0 saturated carbocycles. The van der Waals surface area contributed by atoms with Gasteiger partial charge in [0.15, 0.2) is 0 Å². The highest BCUT2D eigenvalue weighted by Crippen LogP contribution is 2.23. The molecule has 0 bridgehead atoms. The van der Waals surface area contributed by atoms with Crippen LogP contribution in [0.1, 0.15) is 15.9 Å². The second-order valence-corrected chi connectivity index (χ2v) is 7.42. The molecule has 1 amide bonds. The van der Waals surface area contributed by atoms with Gasteiger partial charge in [0.25, 0.3) is 11.6 Å². The molecule has 8 heteroatoms. The quantitative estimate of drug-likeness (QED) is 0.100.